The highest BCUT2D eigenvalue weighted by atomic mass is 32.2. The van der Waals surface area contributed by atoms with Gasteiger partial charge in [0.1, 0.15) is 11.5 Å². The minimum absolute atomic E-state index is 0.130. The third kappa shape index (κ3) is 5.21. The molecule has 1 aromatic carbocycles. The van der Waals surface area contributed by atoms with E-state index >= 15 is 0 Å². The molecule has 16 heavy (non-hydrogen) atoms. The highest BCUT2D eigenvalue weighted by molar-refractivity contribution is 8.01. The summed E-state index contributed by atoms with van der Waals surface area (Å²) in [4.78, 5) is 11.7. The quantitative estimate of drug-likeness (QED) is 0.876. The van der Waals surface area contributed by atoms with Crippen molar-refractivity contribution in [2.45, 2.75) is 31.9 Å². The molecule has 0 spiro atoms. The molecule has 1 N–H and O–H groups in total. The molecule has 0 radical (unpaired) electrons. The number of phenols is 1. The zero-order valence-corrected chi connectivity index (χ0v) is 10.8. The Labute approximate surface area is 101 Å². The summed E-state index contributed by atoms with van der Waals surface area (Å²) in [5.74, 6) is 1.01. The first-order valence-corrected chi connectivity index (χ1v) is 6.29. The van der Waals surface area contributed by atoms with Crippen molar-refractivity contribution in [2.75, 3.05) is 5.75 Å². The Bertz CT molecular complexity index is 349. The lowest BCUT2D eigenvalue weighted by molar-refractivity contribution is -0.116. The number of ketones is 1. The van der Waals surface area contributed by atoms with E-state index in [1.807, 2.05) is 0 Å². The number of carbonyl (C=O) groups is 1. The molecular formula is C13H18O2S. The van der Waals surface area contributed by atoms with Gasteiger partial charge in [0.05, 0.1) is 5.75 Å². The average Bonchev–Trinajstić information content (AvgIpc) is 2.18. The van der Waals surface area contributed by atoms with Crippen LogP contribution in [0.3, 0.4) is 0 Å². The second-order valence-electron chi connectivity index (χ2n) is 4.78. The van der Waals surface area contributed by atoms with Gasteiger partial charge in [0, 0.05) is 11.2 Å². The lowest BCUT2D eigenvalue weighted by Crippen LogP contribution is -2.14. The molecule has 1 rings (SSSR count). The molecule has 0 amide bonds. The molecule has 3 heteroatoms. The van der Waals surface area contributed by atoms with Gasteiger partial charge >= 0.3 is 0 Å². The summed E-state index contributed by atoms with van der Waals surface area (Å²) in [7, 11) is 0. The van der Waals surface area contributed by atoms with Crippen molar-refractivity contribution in [2.24, 2.45) is 0 Å². The van der Waals surface area contributed by atoms with Crippen molar-refractivity contribution in [1.82, 2.24) is 0 Å². The third-order valence-corrected chi connectivity index (χ3v) is 3.34. The second-order valence-corrected chi connectivity index (χ2v) is 6.59. The highest BCUT2D eigenvalue weighted by Gasteiger charge is 2.13. The lowest BCUT2D eigenvalue weighted by atomic mass is 10.1. The summed E-state index contributed by atoms with van der Waals surface area (Å²) < 4.78 is 0.130. The van der Waals surface area contributed by atoms with Crippen LogP contribution in [0.4, 0.5) is 0 Å². The summed E-state index contributed by atoms with van der Waals surface area (Å²) in [6, 6.07) is 6.79. The number of phenolic OH excluding ortho intramolecular Hbond substituents is 1. The first kappa shape index (κ1) is 13.1. The largest absolute Gasteiger partial charge is 0.508 e. The Kier molecular flexibility index (Phi) is 4.42. The topological polar surface area (TPSA) is 37.3 Å². The summed E-state index contributed by atoms with van der Waals surface area (Å²) in [6.07, 6.45) is 0.448. The number of carbonyl (C=O) groups excluding carboxylic acids is 1. The average molecular weight is 238 g/mol. The van der Waals surface area contributed by atoms with Crippen LogP contribution in [0.1, 0.15) is 26.3 Å². The van der Waals surface area contributed by atoms with E-state index in [2.05, 4.69) is 20.8 Å². The number of hydrogen-bond donors (Lipinski definition) is 1. The van der Waals surface area contributed by atoms with Gasteiger partial charge < -0.3 is 5.11 Å². The fourth-order valence-electron chi connectivity index (χ4n) is 1.19. The number of thioether (sulfide) groups is 1. The third-order valence-electron chi connectivity index (χ3n) is 2.00. The van der Waals surface area contributed by atoms with Crippen LogP contribution in [0.5, 0.6) is 5.75 Å². The van der Waals surface area contributed by atoms with E-state index in [0.29, 0.717) is 12.2 Å². The molecule has 2 nitrogen and oxygen atoms in total. The number of Topliss-reactive ketones (excluding diaryl/α,β-unsaturated/α-hetero) is 1. The van der Waals surface area contributed by atoms with Crippen molar-refractivity contribution in [3.63, 3.8) is 0 Å². The van der Waals surface area contributed by atoms with Gasteiger partial charge in [-0.1, -0.05) is 32.9 Å². The Morgan fingerprint density at radius 2 is 1.81 bits per heavy atom. The fourth-order valence-corrected chi connectivity index (χ4v) is 1.89. The van der Waals surface area contributed by atoms with Crippen molar-refractivity contribution in [1.29, 1.82) is 0 Å². The number of aromatic hydroxyl groups is 1. The summed E-state index contributed by atoms with van der Waals surface area (Å²) in [5, 5.41) is 9.11. The lowest BCUT2D eigenvalue weighted by Gasteiger charge is -2.16. The van der Waals surface area contributed by atoms with Crippen molar-refractivity contribution in [3.05, 3.63) is 29.8 Å². The Hall–Kier alpha value is -0.960. The maximum absolute atomic E-state index is 11.7. The molecule has 0 heterocycles. The van der Waals surface area contributed by atoms with Crippen molar-refractivity contribution < 1.29 is 9.90 Å². The van der Waals surface area contributed by atoms with Gasteiger partial charge in [-0.05, 0) is 17.7 Å². The summed E-state index contributed by atoms with van der Waals surface area (Å²) in [6.45, 7) is 6.31. The van der Waals surface area contributed by atoms with E-state index in [0.717, 1.165) is 5.56 Å². The van der Waals surface area contributed by atoms with Crippen LogP contribution in [-0.2, 0) is 11.2 Å². The van der Waals surface area contributed by atoms with Crippen LogP contribution in [0.15, 0.2) is 24.3 Å². The molecule has 0 aliphatic heterocycles. The second kappa shape index (κ2) is 5.39. The first-order chi connectivity index (χ1) is 7.37. The van der Waals surface area contributed by atoms with Crippen LogP contribution in [-0.4, -0.2) is 21.4 Å². The normalized spacial score (nSPS) is 11.4. The SMILES string of the molecule is CC(C)(C)SCC(=O)Cc1ccc(O)cc1. The molecule has 1 aromatic rings. The fraction of sp³-hybridized carbons (Fsp3) is 0.462. The summed E-state index contributed by atoms with van der Waals surface area (Å²) in [5.41, 5.74) is 0.956. The van der Waals surface area contributed by atoms with Gasteiger partial charge in [-0.2, -0.15) is 0 Å². The van der Waals surface area contributed by atoms with E-state index in [4.69, 9.17) is 5.11 Å². The number of benzene rings is 1. The maximum Gasteiger partial charge on any atom is 0.147 e. The van der Waals surface area contributed by atoms with E-state index < -0.39 is 0 Å². The molecule has 88 valence electrons. The van der Waals surface area contributed by atoms with Gasteiger partial charge in [0.2, 0.25) is 0 Å². The molecule has 0 aromatic heterocycles. The first-order valence-electron chi connectivity index (χ1n) is 5.30. The van der Waals surface area contributed by atoms with Crippen molar-refractivity contribution in [3.8, 4) is 5.75 Å². The van der Waals surface area contributed by atoms with Gasteiger partial charge in [-0.25, -0.2) is 0 Å². The van der Waals surface area contributed by atoms with Crippen LogP contribution in [0.2, 0.25) is 0 Å². The molecule has 0 unspecified atom stereocenters. The minimum Gasteiger partial charge on any atom is -0.508 e. The molecule has 0 fully saturated rings. The van der Waals surface area contributed by atoms with Crippen LogP contribution >= 0.6 is 11.8 Å². The molecular weight excluding hydrogens is 220 g/mol. The molecule has 0 bridgehead atoms. The predicted octanol–water partition coefficient (Wildman–Crippen LogP) is 3.04. The molecule has 0 saturated heterocycles. The van der Waals surface area contributed by atoms with Gasteiger partial charge in [0.25, 0.3) is 0 Å². The van der Waals surface area contributed by atoms with Crippen LogP contribution < -0.4 is 0 Å². The van der Waals surface area contributed by atoms with Crippen LogP contribution in [0.25, 0.3) is 0 Å². The Balaban J connectivity index is 2.43. The van der Waals surface area contributed by atoms with E-state index in [9.17, 15) is 4.79 Å². The van der Waals surface area contributed by atoms with Gasteiger partial charge in [-0.15, -0.1) is 11.8 Å². The number of hydrogen-bond acceptors (Lipinski definition) is 3. The van der Waals surface area contributed by atoms with E-state index in [1.54, 1.807) is 36.0 Å². The highest BCUT2D eigenvalue weighted by Crippen LogP contribution is 2.23. The molecule has 0 aliphatic carbocycles. The van der Waals surface area contributed by atoms with Gasteiger partial charge in [0.15, 0.2) is 0 Å². The summed E-state index contributed by atoms with van der Waals surface area (Å²) >= 11 is 1.67. The zero-order valence-electron chi connectivity index (χ0n) is 9.99. The Morgan fingerprint density at radius 1 is 1.25 bits per heavy atom. The minimum atomic E-state index is 0.130. The number of rotatable bonds is 4. The molecule has 0 saturated carbocycles. The zero-order chi connectivity index (χ0) is 12.2. The monoisotopic (exact) mass is 238 g/mol. The predicted molar refractivity (Wildman–Crippen MR) is 69.0 cm³/mol. The standard InChI is InChI=1S/C13H18O2S/c1-13(2,3)16-9-12(15)8-10-4-6-11(14)7-5-10/h4-7,14H,8-9H2,1-3H3. The molecule has 0 atom stereocenters. The smallest absolute Gasteiger partial charge is 0.147 e. The van der Waals surface area contributed by atoms with E-state index in [1.165, 1.54) is 0 Å². The van der Waals surface area contributed by atoms with Crippen LogP contribution in [0, 0.1) is 0 Å². The van der Waals surface area contributed by atoms with Gasteiger partial charge in [-0.3, -0.25) is 4.79 Å². The Morgan fingerprint density at radius 3 is 2.31 bits per heavy atom. The molecule has 0 aliphatic rings. The van der Waals surface area contributed by atoms with Crippen molar-refractivity contribution >= 4 is 17.5 Å². The maximum atomic E-state index is 11.7. The van der Waals surface area contributed by atoms with E-state index in [-0.39, 0.29) is 16.3 Å².